The molecule has 2 heteroatoms. The Morgan fingerprint density at radius 2 is 1.82 bits per heavy atom. The molecule has 0 saturated carbocycles. The minimum atomic E-state index is 0.593. The molecule has 17 heavy (non-hydrogen) atoms. The van der Waals surface area contributed by atoms with E-state index in [2.05, 4.69) is 31.3 Å². The topological polar surface area (TPSA) is 21.3 Å². The van der Waals surface area contributed by atoms with Crippen LogP contribution in [0.15, 0.2) is 24.3 Å². The van der Waals surface area contributed by atoms with Crippen LogP contribution in [0.25, 0.3) is 0 Å². The minimum Gasteiger partial charge on any atom is -0.497 e. The Labute approximate surface area is 105 Å². The Bertz CT molecular complexity index is 294. The average molecular weight is 235 g/mol. The molecule has 0 aromatic heterocycles. The quantitative estimate of drug-likeness (QED) is 0.671. The average Bonchev–Trinajstić information content (AvgIpc) is 2.38. The van der Waals surface area contributed by atoms with Crippen LogP contribution in [0.4, 0.5) is 5.69 Å². The van der Waals surface area contributed by atoms with E-state index in [0.717, 1.165) is 5.75 Å². The number of nitrogens with one attached hydrogen (secondary N) is 1. The first kappa shape index (κ1) is 13.9. The molecule has 0 radical (unpaired) electrons. The summed E-state index contributed by atoms with van der Waals surface area (Å²) < 4.78 is 5.15. The monoisotopic (exact) mass is 235 g/mol. The highest BCUT2D eigenvalue weighted by Crippen LogP contribution is 2.18. The molecule has 1 atom stereocenters. The highest BCUT2D eigenvalue weighted by atomic mass is 16.5. The third-order valence-electron chi connectivity index (χ3n) is 3.11. The highest BCUT2D eigenvalue weighted by molar-refractivity contribution is 5.47. The van der Waals surface area contributed by atoms with Gasteiger partial charge < -0.3 is 10.1 Å². The molecule has 1 aromatic rings. The fourth-order valence-electron chi connectivity index (χ4n) is 1.94. The van der Waals surface area contributed by atoms with Gasteiger partial charge in [-0.3, -0.25) is 0 Å². The van der Waals surface area contributed by atoms with Gasteiger partial charge in [0.2, 0.25) is 0 Å². The van der Waals surface area contributed by atoms with Crippen LogP contribution in [0.2, 0.25) is 0 Å². The lowest BCUT2D eigenvalue weighted by Gasteiger charge is -2.18. The summed E-state index contributed by atoms with van der Waals surface area (Å²) in [5.74, 6) is 0.912. The first-order valence-corrected chi connectivity index (χ1v) is 6.70. The number of unbranched alkanes of at least 4 members (excludes halogenated alkanes) is 2. The Kier molecular flexibility index (Phi) is 6.53. The molecular formula is C15H25NO. The van der Waals surface area contributed by atoms with Crippen molar-refractivity contribution >= 4 is 5.69 Å². The van der Waals surface area contributed by atoms with Gasteiger partial charge in [-0.05, 0) is 37.1 Å². The third kappa shape index (κ3) is 5.12. The summed E-state index contributed by atoms with van der Waals surface area (Å²) in [5, 5.41) is 3.58. The van der Waals surface area contributed by atoms with E-state index < -0.39 is 0 Å². The maximum atomic E-state index is 5.15. The lowest BCUT2D eigenvalue weighted by Crippen LogP contribution is -2.18. The summed E-state index contributed by atoms with van der Waals surface area (Å²) in [6.45, 7) is 4.49. The molecule has 2 nitrogen and oxygen atoms in total. The maximum absolute atomic E-state index is 5.15. The van der Waals surface area contributed by atoms with E-state index in [1.165, 1.54) is 37.8 Å². The maximum Gasteiger partial charge on any atom is 0.119 e. The van der Waals surface area contributed by atoms with Crippen LogP contribution in [0.1, 0.15) is 46.0 Å². The minimum absolute atomic E-state index is 0.593. The largest absolute Gasteiger partial charge is 0.497 e. The van der Waals surface area contributed by atoms with E-state index in [1.807, 2.05) is 12.1 Å². The number of benzene rings is 1. The van der Waals surface area contributed by atoms with E-state index in [1.54, 1.807) is 7.11 Å². The number of hydrogen-bond acceptors (Lipinski definition) is 2. The van der Waals surface area contributed by atoms with E-state index in [-0.39, 0.29) is 0 Å². The second-order valence-electron chi connectivity index (χ2n) is 4.47. The van der Waals surface area contributed by atoms with Gasteiger partial charge in [0.05, 0.1) is 7.11 Å². The summed E-state index contributed by atoms with van der Waals surface area (Å²) in [7, 11) is 1.70. The molecule has 0 fully saturated rings. The molecule has 0 saturated heterocycles. The van der Waals surface area contributed by atoms with E-state index in [0.29, 0.717) is 6.04 Å². The van der Waals surface area contributed by atoms with E-state index >= 15 is 0 Å². The summed E-state index contributed by atoms with van der Waals surface area (Å²) in [6.07, 6.45) is 6.38. The zero-order valence-corrected chi connectivity index (χ0v) is 11.3. The molecule has 1 rings (SSSR count). The van der Waals surface area contributed by atoms with Gasteiger partial charge in [-0.2, -0.15) is 0 Å². The smallest absolute Gasteiger partial charge is 0.119 e. The second kappa shape index (κ2) is 7.99. The Morgan fingerprint density at radius 3 is 2.35 bits per heavy atom. The van der Waals surface area contributed by atoms with Crippen LogP contribution in [0.3, 0.4) is 0 Å². The Hall–Kier alpha value is -1.18. The number of rotatable bonds is 8. The molecule has 0 aliphatic carbocycles. The van der Waals surface area contributed by atoms with Crippen molar-refractivity contribution in [3.63, 3.8) is 0 Å². The molecule has 0 aliphatic heterocycles. The fourth-order valence-corrected chi connectivity index (χ4v) is 1.94. The van der Waals surface area contributed by atoms with Crippen molar-refractivity contribution < 1.29 is 4.74 Å². The first-order chi connectivity index (χ1) is 8.30. The van der Waals surface area contributed by atoms with Crippen LogP contribution >= 0.6 is 0 Å². The molecule has 1 aromatic carbocycles. The fraction of sp³-hybridized carbons (Fsp3) is 0.600. The van der Waals surface area contributed by atoms with Gasteiger partial charge in [0.15, 0.2) is 0 Å². The molecule has 1 unspecified atom stereocenters. The van der Waals surface area contributed by atoms with Gasteiger partial charge in [0.25, 0.3) is 0 Å². The summed E-state index contributed by atoms with van der Waals surface area (Å²) >= 11 is 0. The predicted molar refractivity (Wildman–Crippen MR) is 74.8 cm³/mol. The third-order valence-corrected chi connectivity index (χ3v) is 3.11. The number of methoxy groups -OCH3 is 1. The van der Waals surface area contributed by atoms with Crippen molar-refractivity contribution in [1.29, 1.82) is 0 Å². The molecule has 0 aliphatic rings. The number of anilines is 1. The summed E-state index contributed by atoms with van der Waals surface area (Å²) in [6, 6.07) is 8.76. The number of ether oxygens (including phenoxy) is 1. The molecule has 0 heterocycles. The van der Waals surface area contributed by atoms with Crippen LogP contribution in [0.5, 0.6) is 5.75 Å². The van der Waals surface area contributed by atoms with Crippen LogP contribution in [-0.4, -0.2) is 13.2 Å². The predicted octanol–water partition coefficient (Wildman–Crippen LogP) is 4.47. The van der Waals surface area contributed by atoms with Crippen LogP contribution in [-0.2, 0) is 0 Å². The first-order valence-electron chi connectivity index (χ1n) is 6.70. The zero-order valence-electron chi connectivity index (χ0n) is 11.3. The summed E-state index contributed by atoms with van der Waals surface area (Å²) in [5.41, 5.74) is 1.19. The Morgan fingerprint density at radius 1 is 1.12 bits per heavy atom. The molecule has 96 valence electrons. The lowest BCUT2D eigenvalue weighted by atomic mass is 10.1. The highest BCUT2D eigenvalue weighted by Gasteiger charge is 2.05. The molecule has 0 amide bonds. The second-order valence-corrected chi connectivity index (χ2v) is 4.47. The van der Waals surface area contributed by atoms with Gasteiger partial charge in [-0.15, -0.1) is 0 Å². The normalized spacial score (nSPS) is 12.2. The van der Waals surface area contributed by atoms with Gasteiger partial charge >= 0.3 is 0 Å². The van der Waals surface area contributed by atoms with Crippen molar-refractivity contribution in [1.82, 2.24) is 0 Å². The van der Waals surface area contributed by atoms with Crippen LogP contribution < -0.4 is 10.1 Å². The van der Waals surface area contributed by atoms with Crippen molar-refractivity contribution in [3.05, 3.63) is 24.3 Å². The van der Waals surface area contributed by atoms with Gasteiger partial charge in [0, 0.05) is 11.7 Å². The molecule has 0 bridgehead atoms. The SMILES string of the molecule is CCCCCC(CC)Nc1ccc(OC)cc1. The molecule has 0 spiro atoms. The Balaban J connectivity index is 2.43. The van der Waals surface area contributed by atoms with Crippen molar-refractivity contribution in [2.75, 3.05) is 12.4 Å². The van der Waals surface area contributed by atoms with Gasteiger partial charge in [-0.25, -0.2) is 0 Å². The standard InChI is InChI=1S/C15H25NO/c1-4-6-7-8-13(5-2)16-14-9-11-15(17-3)12-10-14/h9-13,16H,4-8H2,1-3H3. The van der Waals surface area contributed by atoms with Crippen LogP contribution in [0, 0.1) is 0 Å². The van der Waals surface area contributed by atoms with Crippen molar-refractivity contribution in [2.24, 2.45) is 0 Å². The van der Waals surface area contributed by atoms with Crippen molar-refractivity contribution in [2.45, 2.75) is 52.0 Å². The van der Waals surface area contributed by atoms with E-state index in [4.69, 9.17) is 4.74 Å². The van der Waals surface area contributed by atoms with Crippen molar-refractivity contribution in [3.8, 4) is 5.75 Å². The lowest BCUT2D eigenvalue weighted by molar-refractivity contribution is 0.415. The van der Waals surface area contributed by atoms with Gasteiger partial charge in [-0.1, -0.05) is 33.1 Å². The zero-order chi connectivity index (χ0) is 12.5. The van der Waals surface area contributed by atoms with E-state index in [9.17, 15) is 0 Å². The van der Waals surface area contributed by atoms with Gasteiger partial charge in [0.1, 0.15) is 5.75 Å². The molecule has 1 N–H and O–H groups in total. The molecular weight excluding hydrogens is 210 g/mol. The number of hydrogen-bond donors (Lipinski definition) is 1. The summed E-state index contributed by atoms with van der Waals surface area (Å²) in [4.78, 5) is 0.